The van der Waals surface area contributed by atoms with E-state index in [1.807, 2.05) is 36.4 Å². The lowest BCUT2D eigenvalue weighted by atomic mass is 10.1. The third kappa shape index (κ3) is 4.85. The lowest BCUT2D eigenvalue weighted by molar-refractivity contribution is 0.0476. The summed E-state index contributed by atoms with van der Waals surface area (Å²) >= 11 is 1.15. The zero-order chi connectivity index (χ0) is 23.4. The second-order valence-corrected chi connectivity index (χ2v) is 8.40. The Balaban J connectivity index is 1.58. The molecule has 2 heterocycles. The largest absolute Gasteiger partial charge is 0.462 e. The highest BCUT2D eigenvalue weighted by molar-refractivity contribution is 7.20. The fraction of sp³-hybridized carbons (Fsp3) is 0.200. The third-order valence-corrected chi connectivity index (χ3v) is 6.29. The molecule has 2 aromatic carbocycles. The number of esters is 2. The van der Waals surface area contributed by atoms with Crippen LogP contribution in [0.2, 0.25) is 0 Å². The molecule has 33 heavy (non-hydrogen) atoms. The first-order chi connectivity index (χ1) is 16.0. The molecule has 4 aromatic rings. The number of hydrogen-bond donors (Lipinski definition) is 0. The minimum Gasteiger partial charge on any atom is -0.462 e. The van der Waals surface area contributed by atoms with Crippen molar-refractivity contribution in [3.8, 4) is 0 Å². The lowest BCUT2D eigenvalue weighted by Gasteiger charge is -2.08. The van der Waals surface area contributed by atoms with Gasteiger partial charge < -0.3 is 9.47 Å². The van der Waals surface area contributed by atoms with E-state index in [1.54, 1.807) is 32.0 Å². The van der Waals surface area contributed by atoms with Gasteiger partial charge in [0.1, 0.15) is 16.3 Å². The Morgan fingerprint density at radius 2 is 1.76 bits per heavy atom. The van der Waals surface area contributed by atoms with Gasteiger partial charge in [-0.15, -0.1) is 11.3 Å². The second-order valence-electron chi connectivity index (χ2n) is 7.40. The van der Waals surface area contributed by atoms with Gasteiger partial charge in [0.25, 0.3) is 5.56 Å². The maximum absolute atomic E-state index is 13.2. The number of carbonyl (C=O) groups is 2. The summed E-state index contributed by atoms with van der Waals surface area (Å²) in [6.07, 6.45) is 1.46. The van der Waals surface area contributed by atoms with Gasteiger partial charge in [-0.25, -0.2) is 14.6 Å². The first kappa shape index (κ1) is 22.4. The standard InChI is InChI=1S/C25H22N2O5S/c1-3-31-24(29)19-11-7-10-18(12-19)13-27-15-26-22-20(23(27)28)16(2)21(33-22)25(30)32-14-17-8-5-4-6-9-17/h4-12,15H,3,13-14H2,1-2H3. The molecule has 0 aliphatic rings. The van der Waals surface area contributed by atoms with Gasteiger partial charge in [-0.2, -0.15) is 0 Å². The molecule has 0 amide bonds. The number of aryl methyl sites for hydroxylation is 1. The van der Waals surface area contributed by atoms with Crippen LogP contribution in [0.15, 0.2) is 65.7 Å². The Kier molecular flexibility index (Phi) is 6.65. The van der Waals surface area contributed by atoms with Gasteiger partial charge in [0.15, 0.2) is 0 Å². The molecule has 7 nitrogen and oxygen atoms in total. The van der Waals surface area contributed by atoms with Crippen molar-refractivity contribution in [1.29, 1.82) is 0 Å². The van der Waals surface area contributed by atoms with E-state index in [0.717, 1.165) is 22.5 Å². The van der Waals surface area contributed by atoms with Gasteiger partial charge in [-0.3, -0.25) is 9.36 Å². The van der Waals surface area contributed by atoms with Crippen molar-refractivity contribution in [3.05, 3.63) is 98.4 Å². The average molecular weight is 463 g/mol. The van der Waals surface area contributed by atoms with Crippen LogP contribution in [0.3, 0.4) is 0 Å². The monoisotopic (exact) mass is 462 g/mol. The number of aromatic nitrogens is 2. The van der Waals surface area contributed by atoms with Gasteiger partial charge in [-0.1, -0.05) is 42.5 Å². The van der Waals surface area contributed by atoms with Crippen molar-refractivity contribution in [1.82, 2.24) is 9.55 Å². The minimum absolute atomic E-state index is 0.155. The van der Waals surface area contributed by atoms with Crippen LogP contribution in [0, 0.1) is 6.92 Å². The maximum Gasteiger partial charge on any atom is 0.349 e. The van der Waals surface area contributed by atoms with E-state index >= 15 is 0 Å². The number of rotatable bonds is 7. The summed E-state index contributed by atoms with van der Waals surface area (Å²) in [7, 11) is 0. The molecule has 0 fully saturated rings. The van der Waals surface area contributed by atoms with Crippen molar-refractivity contribution in [2.75, 3.05) is 6.61 Å². The van der Waals surface area contributed by atoms with Gasteiger partial charge in [0.2, 0.25) is 0 Å². The van der Waals surface area contributed by atoms with Crippen LogP contribution in [-0.4, -0.2) is 28.1 Å². The molecular formula is C25H22N2O5S. The molecule has 8 heteroatoms. The van der Waals surface area contributed by atoms with Crippen LogP contribution in [0.4, 0.5) is 0 Å². The fourth-order valence-corrected chi connectivity index (χ4v) is 4.50. The average Bonchev–Trinajstić information content (AvgIpc) is 3.17. The zero-order valence-corrected chi connectivity index (χ0v) is 19.1. The predicted molar refractivity (Wildman–Crippen MR) is 126 cm³/mol. The van der Waals surface area contributed by atoms with E-state index in [-0.39, 0.29) is 25.3 Å². The van der Waals surface area contributed by atoms with Crippen LogP contribution in [0.5, 0.6) is 0 Å². The van der Waals surface area contributed by atoms with E-state index in [1.165, 1.54) is 10.9 Å². The molecule has 0 atom stereocenters. The summed E-state index contributed by atoms with van der Waals surface area (Å²) in [5.41, 5.74) is 2.37. The van der Waals surface area contributed by atoms with Crippen molar-refractivity contribution in [2.45, 2.75) is 27.0 Å². The quantitative estimate of drug-likeness (QED) is 0.380. The SMILES string of the molecule is CCOC(=O)c1cccc(Cn2cnc3sc(C(=O)OCc4ccccc4)c(C)c3c2=O)c1. The third-order valence-electron chi connectivity index (χ3n) is 5.11. The van der Waals surface area contributed by atoms with Crippen LogP contribution in [-0.2, 0) is 22.6 Å². The molecule has 0 radical (unpaired) electrons. The van der Waals surface area contributed by atoms with Crippen LogP contribution >= 0.6 is 11.3 Å². The van der Waals surface area contributed by atoms with E-state index < -0.39 is 11.9 Å². The van der Waals surface area contributed by atoms with Crippen LogP contribution < -0.4 is 5.56 Å². The summed E-state index contributed by atoms with van der Waals surface area (Å²) in [5.74, 6) is -0.889. The molecular weight excluding hydrogens is 440 g/mol. The van der Waals surface area contributed by atoms with E-state index in [2.05, 4.69) is 4.98 Å². The molecule has 4 rings (SSSR count). The Bertz CT molecular complexity index is 1370. The molecule has 2 aromatic heterocycles. The number of fused-ring (bicyclic) bond motifs is 1. The van der Waals surface area contributed by atoms with Gasteiger partial charge >= 0.3 is 11.9 Å². The molecule has 0 spiro atoms. The normalized spacial score (nSPS) is 10.8. The Labute approximate surface area is 194 Å². The molecule has 0 aliphatic heterocycles. The zero-order valence-electron chi connectivity index (χ0n) is 18.2. The van der Waals surface area contributed by atoms with Crippen LogP contribution in [0.1, 0.15) is 43.6 Å². The molecule has 0 saturated carbocycles. The highest BCUT2D eigenvalue weighted by Gasteiger charge is 2.21. The predicted octanol–water partition coefficient (Wildman–Crippen LogP) is 4.35. The van der Waals surface area contributed by atoms with Gasteiger partial charge in [0, 0.05) is 0 Å². The summed E-state index contributed by atoms with van der Waals surface area (Å²) < 4.78 is 11.9. The second kappa shape index (κ2) is 9.79. The van der Waals surface area contributed by atoms with Gasteiger partial charge in [-0.05, 0) is 42.7 Å². The number of carbonyl (C=O) groups excluding carboxylic acids is 2. The maximum atomic E-state index is 13.2. The first-order valence-electron chi connectivity index (χ1n) is 10.4. The number of thiophene rings is 1. The minimum atomic E-state index is -0.479. The molecule has 168 valence electrons. The topological polar surface area (TPSA) is 87.5 Å². The molecule has 0 N–H and O–H groups in total. The van der Waals surface area contributed by atoms with E-state index in [4.69, 9.17) is 9.47 Å². The number of hydrogen-bond acceptors (Lipinski definition) is 7. The van der Waals surface area contributed by atoms with E-state index in [9.17, 15) is 14.4 Å². The fourth-order valence-electron chi connectivity index (χ4n) is 3.46. The summed E-state index contributed by atoms with van der Waals surface area (Å²) in [5, 5.41) is 0.399. The molecule has 0 bridgehead atoms. The highest BCUT2D eigenvalue weighted by Crippen LogP contribution is 2.28. The lowest BCUT2D eigenvalue weighted by Crippen LogP contribution is -2.21. The Hall–Kier alpha value is -3.78. The van der Waals surface area contributed by atoms with Gasteiger partial charge in [0.05, 0.1) is 30.4 Å². The van der Waals surface area contributed by atoms with Crippen molar-refractivity contribution >= 4 is 33.5 Å². The van der Waals surface area contributed by atoms with Crippen LogP contribution in [0.25, 0.3) is 10.2 Å². The van der Waals surface area contributed by atoms with Crippen molar-refractivity contribution < 1.29 is 19.1 Å². The summed E-state index contributed by atoms with van der Waals surface area (Å²) in [6, 6.07) is 16.3. The Morgan fingerprint density at radius 1 is 1.00 bits per heavy atom. The smallest absolute Gasteiger partial charge is 0.349 e. The summed E-state index contributed by atoms with van der Waals surface area (Å²) in [4.78, 5) is 43.1. The molecule has 0 unspecified atom stereocenters. The molecule has 0 saturated heterocycles. The Morgan fingerprint density at radius 3 is 2.52 bits per heavy atom. The highest BCUT2D eigenvalue weighted by atomic mass is 32.1. The molecule has 0 aliphatic carbocycles. The van der Waals surface area contributed by atoms with Crippen molar-refractivity contribution in [3.63, 3.8) is 0 Å². The van der Waals surface area contributed by atoms with Crippen molar-refractivity contribution in [2.24, 2.45) is 0 Å². The van der Waals surface area contributed by atoms with E-state index in [0.29, 0.717) is 26.2 Å². The summed E-state index contributed by atoms with van der Waals surface area (Å²) in [6.45, 7) is 4.15. The number of ether oxygens (including phenoxy) is 2. The number of benzene rings is 2. The number of nitrogens with zero attached hydrogens (tertiary/aromatic N) is 2. The first-order valence-corrected chi connectivity index (χ1v) is 11.2.